The van der Waals surface area contributed by atoms with Crippen LogP contribution in [0.4, 0.5) is 5.82 Å². The van der Waals surface area contributed by atoms with Crippen molar-refractivity contribution in [1.29, 1.82) is 5.26 Å². The second-order valence-corrected chi connectivity index (χ2v) is 6.38. The molecule has 8 nitrogen and oxygen atoms in total. The van der Waals surface area contributed by atoms with Gasteiger partial charge in [0, 0.05) is 22.5 Å². The molecule has 0 fully saturated rings. The predicted molar refractivity (Wildman–Crippen MR) is 108 cm³/mol. The molecule has 2 N–H and O–H groups in total. The summed E-state index contributed by atoms with van der Waals surface area (Å²) in [6.45, 7) is 3.55. The first-order chi connectivity index (χ1) is 13.4. The molecule has 0 saturated carbocycles. The summed E-state index contributed by atoms with van der Waals surface area (Å²) in [5.74, 6) is 0.650. The summed E-state index contributed by atoms with van der Waals surface area (Å²) in [7, 11) is 1.48. The van der Waals surface area contributed by atoms with Crippen molar-refractivity contribution in [3.8, 4) is 17.5 Å². The standard InChI is InChI=1S/C19H17ClN6O2/c1-11-8-17(28-3)15(9-21)18(23-11)24-22-10-16-12(2)25-26(19(16)27)14-6-4-13(20)5-7-14/h4-8,10,25H,1-3H3,(H,23,24). The summed E-state index contributed by atoms with van der Waals surface area (Å²) < 4.78 is 6.60. The van der Waals surface area contributed by atoms with E-state index in [2.05, 4.69) is 20.6 Å². The second-order valence-electron chi connectivity index (χ2n) is 5.94. The summed E-state index contributed by atoms with van der Waals surface area (Å²) in [6.07, 6.45) is 1.39. The Labute approximate surface area is 166 Å². The molecule has 0 aliphatic heterocycles. The van der Waals surface area contributed by atoms with E-state index in [0.717, 1.165) is 0 Å². The molecule has 0 radical (unpaired) electrons. The molecule has 3 aromatic rings. The Morgan fingerprint density at radius 1 is 1.36 bits per heavy atom. The molecule has 0 aliphatic rings. The zero-order valence-corrected chi connectivity index (χ0v) is 16.2. The number of halogens is 1. The highest BCUT2D eigenvalue weighted by Crippen LogP contribution is 2.24. The van der Waals surface area contributed by atoms with Crippen molar-refractivity contribution in [2.45, 2.75) is 13.8 Å². The minimum Gasteiger partial charge on any atom is -0.495 e. The number of nitriles is 1. The summed E-state index contributed by atoms with van der Waals surface area (Å²) >= 11 is 5.89. The third-order valence-electron chi connectivity index (χ3n) is 4.01. The van der Waals surface area contributed by atoms with E-state index < -0.39 is 0 Å². The molecule has 0 saturated heterocycles. The van der Waals surface area contributed by atoms with Gasteiger partial charge in [-0.15, -0.1) is 0 Å². The SMILES string of the molecule is COc1cc(C)nc(NN=Cc2c(C)[nH]n(-c3ccc(Cl)cc3)c2=O)c1C#N. The van der Waals surface area contributed by atoms with Crippen molar-refractivity contribution in [3.05, 3.63) is 68.2 Å². The number of methoxy groups -OCH3 is 1. The Hall–Kier alpha value is -3.57. The van der Waals surface area contributed by atoms with E-state index in [0.29, 0.717) is 33.4 Å². The fourth-order valence-corrected chi connectivity index (χ4v) is 2.76. The van der Waals surface area contributed by atoms with Gasteiger partial charge < -0.3 is 4.74 Å². The maximum Gasteiger partial charge on any atom is 0.280 e. The van der Waals surface area contributed by atoms with E-state index in [1.54, 1.807) is 44.2 Å². The number of ether oxygens (including phenoxy) is 1. The summed E-state index contributed by atoms with van der Waals surface area (Å²) in [5.41, 5.74) is 5.02. The molecule has 0 spiro atoms. The van der Waals surface area contributed by atoms with Crippen LogP contribution >= 0.6 is 11.6 Å². The Bertz CT molecular complexity index is 1140. The third-order valence-corrected chi connectivity index (χ3v) is 4.26. The van der Waals surface area contributed by atoms with E-state index in [4.69, 9.17) is 16.3 Å². The van der Waals surface area contributed by atoms with Gasteiger partial charge in [-0.2, -0.15) is 10.4 Å². The van der Waals surface area contributed by atoms with Crippen molar-refractivity contribution in [3.63, 3.8) is 0 Å². The number of hydrogen-bond donors (Lipinski definition) is 2. The molecular weight excluding hydrogens is 380 g/mol. The smallest absolute Gasteiger partial charge is 0.280 e. The lowest BCUT2D eigenvalue weighted by Crippen LogP contribution is -2.17. The van der Waals surface area contributed by atoms with Crippen LogP contribution in [0, 0.1) is 25.2 Å². The summed E-state index contributed by atoms with van der Waals surface area (Å²) in [6, 6.07) is 10.6. The highest BCUT2D eigenvalue weighted by molar-refractivity contribution is 6.30. The fourth-order valence-electron chi connectivity index (χ4n) is 2.63. The number of benzene rings is 1. The van der Waals surface area contributed by atoms with Gasteiger partial charge >= 0.3 is 0 Å². The van der Waals surface area contributed by atoms with Crippen LogP contribution in [-0.2, 0) is 0 Å². The van der Waals surface area contributed by atoms with Gasteiger partial charge in [-0.05, 0) is 38.1 Å². The largest absolute Gasteiger partial charge is 0.495 e. The lowest BCUT2D eigenvalue weighted by atomic mass is 10.2. The maximum absolute atomic E-state index is 12.7. The second kappa shape index (κ2) is 7.98. The number of nitrogens with one attached hydrogen (secondary N) is 2. The topological polar surface area (TPSA) is 108 Å². The molecule has 2 aromatic heterocycles. The van der Waals surface area contributed by atoms with Crippen LogP contribution in [0.1, 0.15) is 22.5 Å². The predicted octanol–water partition coefficient (Wildman–Crippen LogP) is 3.16. The van der Waals surface area contributed by atoms with Crippen molar-refractivity contribution in [2.24, 2.45) is 5.10 Å². The third kappa shape index (κ3) is 3.75. The van der Waals surface area contributed by atoms with Crippen LogP contribution in [0.15, 0.2) is 40.2 Å². The number of nitrogens with zero attached hydrogens (tertiary/aromatic N) is 4. The van der Waals surface area contributed by atoms with Gasteiger partial charge in [-0.25, -0.2) is 9.67 Å². The number of rotatable bonds is 5. The molecule has 0 unspecified atom stereocenters. The van der Waals surface area contributed by atoms with Gasteiger partial charge in [-0.1, -0.05) is 11.6 Å². The number of hydrazone groups is 1. The molecule has 0 atom stereocenters. The lowest BCUT2D eigenvalue weighted by molar-refractivity contribution is 0.412. The molecule has 0 aliphatic carbocycles. The number of aromatic amines is 1. The Morgan fingerprint density at radius 2 is 2.07 bits per heavy atom. The molecule has 0 amide bonds. The molecule has 28 heavy (non-hydrogen) atoms. The average molecular weight is 397 g/mol. The van der Waals surface area contributed by atoms with Crippen molar-refractivity contribution in [1.82, 2.24) is 14.8 Å². The van der Waals surface area contributed by atoms with Gasteiger partial charge in [0.2, 0.25) is 0 Å². The van der Waals surface area contributed by atoms with E-state index >= 15 is 0 Å². The molecule has 3 rings (SSSR count). The summed E-state index contributed by atoms with van der Waals surface area (Å²) in [4.78, 5) is 16.9. The average Bonchev–Trinajstić information content (AvgIpc) is 2.96. The van der Waals surface area contributed by atoms with Gasteiger partial charge in [0.15, 0.2) is 5.82 Å². The lowest BCUT2D eigenvalue weighted by Gasteiger charge is -2.08. The van der Waals surface area contributed by atoms with Gasteiger partial charge in [0.25, 0.3) is 5.56 Å². The maximum atomic E-state index is 12.7. The van der Waals surface area contributed by atoms with Crippen molar-refractivity contribution in [2.75, 3.05) is 12.5 Å². The molecule has 142 valence electrons. The molecule has 2 heterocycles. The van der Waals surface area contributed by atoms with E-state index in [1.807, 2.05) is 6.07 Å². The van der Waals surface area contributed by atoms with Crippen molar-refractivity contribution >= 4 is 23.6 Å². The summed E-state index contributed by atoms with van der Waals surface area (Å²) in [5, 5.41) is 17.0. The normalized spacial score (nSPS) is 10.8. The number of pyridine rings is 1. The van der Waals surface area contributed by atoms with Crippen LogP contribution in [0.25, 0.3) is 5.69 Å². The highest BCUT2D eigenvalue weighted by Gasteiger charge is 2.13. The number of anilines is 1. The van der Waals surface area contributed by atoms with Crippen LogP contribution in [0.3, 0.4) is 0 Å². The molecular formula is C19H17ClN6O2. The van der Waals surface area contributed by atoms with Crippen LogP contribution < -0.4 is 15.7 Å². The first-order valence-corrected chi connectivity index (χ1v) is 8.64. The van der Waals surface area contributed by atoms with Crippen molar-refractivity contribution < 1.29 is 4.74 Å². The highest BCUT2D eigenvalue weighted by atomic mass is 35.5. The first kappa shape index (κ1) is 19.2. The van der Waals surface area contributed by atoms with Crippen LogP contribution in [0.2, 0.25) is 5.02 Å². The van der Waals surface area contributed by atoms with E-state index in [9.17, 15) is 10.1 Å². The number of H-pyrrole nitrogens is 1. The van der Waals surface area contributed by atoms with Crippen LogP contribution in [-0.4, -0.2) is 28.1 Å². The van der Waals surface area contributed by atoms with E-state index in [-0.39, 0.29) is 16.9 Å². The Balaban J connectivity index is 1.91. The minimum atomic E-state index is -0.263. The molecule has 1 aromatic carbocycles. The van der Waals surface area contributed by atoms with Gasteiger partial charge in [-0.3, -0.25) is 15.3 Å². The quantitative estimate of drug-likeness (QED) is 0.508. The van der Waals surface area contributed by atoms with E-state index in [1.165, 1.54) is 18.0 Å². The number of aryl methyl sites for hydroxylation is 2. The van der Waals surface area contributed by atoms with Crippen LogP contribution in [0.5, 0.6) is 5.75 Å². The number of aromatic nitrogens is 3. The first-order valence-electron chi connectivity index (χ1n) is 8.27. The molecule has 9 heteroatoms. The minimum absolute atomic E-state index is 0.231. The number of hydrogen-bond acceptors (Lipinski definition) is 6. The van der Waals surface area contributed by atoms with Gasteiger partial charge in [0.05, 0.1) is 24.6 Å². The van der Waals surface area contributed by atoms with Gasteiger partial charge in [0.1, 0.15) is 17.4 Å². The Kier molecular flexibility index (Phi) is 5.47. The molecule has 0 bridgehead atoms. The zero-order chi connectivity index (χ0) is 20.3. The Morgan fingerprint density at radius 3 is 2.71 bits per heavy atom. The fraction of sp³-hybridized carbons (Fsp3) is 0.158. The zero-order valence-electron chi connectivity index (χ0n) is 15.4. The monoisotopic (exact) mass is 396 g/mol.